The highest BCUT2D eigenvalue weighted by atomic mass is 32.2. The summed E-state index contributed by atoms with van der Waals surface area (Å²) in [7, 11) is 0. The third-order valence-corrected chi connectivity index (χ3v) is 3.76. The van der Waals surface area contributed by atoms with Crippen LogP contribution in [0.4, 0.5) is 5.95 Å². The molecule has 3 N–H and O–H groups in total. The number of carbonyl (C=O) groups is 1. The van der Waals surface area contributed by atoms with Crippen LogP contribution in [0.2, 0.25) is 0 Å². The van der Waals surface area contributed by atoms with E-state index in [2.05, 4.69) is 10.2 Å². The molecule has 0 unspecified atom stereocenters. The highest BCUT2D eigenvalue weighted by Gasteiger charge is 2.13. The number of hydrogen-bond acceptors (Lipinski definition) is 5. The molecule has 0 amide bonds. The van der Waals surface area contributed by atoms with Crippen molar-refractivity contribution in [2.45, 2.75) is 30.8 Å². The van der Waals surface area contributed by atoms with Gasteiger partial charge in [-0.2, -0.15) is 0 Å². The van der Waals surface area contributed by atoms with Gasteiger partial charge in [0.25, 0.3) is 0 Å². The molecule has 0 aliphatic carbocycles. The Kier molecular flexibility index (Phi) is 4.29. The maximum absolute atomic E-state index is 10.9. The van der Waals surface area contributed by atoms with E-state index in [0.29, 0.717) is 11.7 Å². The van der Waals surface area contributed by atoms with Crippen LogP contribution in [0.3, 0.4) is 0 Å². The van der Waals surface area contributed by atoms with Crippen molar-refractivity contribution in [3.05, 3.63) is 35.4 Å². The first-order valence-corrected chi connectivity index (χ1v) is 7.13. The molecule has 0 aliphatic heterocycles. The first-order valence-electron chi connectivity index (χ1n) is 6.14. The van der Waals surface area contributed by atoms with E-state index in [1.54, 1.807) is 18.2 Å². The summed E-state index contributed by atoms with van der Waals surface area (Å²) in [5.41, 5.74) is 6.98. The van der Waals surface area contributed by atoms with Gasteiger partial charge >= 0.3 is 5.97 Å². The SMILES string of the molecule is CC(C)n1c(N)nnc1SCc1cccc(C(=O)O)c1. The highest BCUT2D eigenvalue weighted by molar-refractivity contribution is 7.98. The van der Waals surface area contributed by atoms with Crippen LogP contribution < -0.4 is 5.73 Å². The topological polar surface area (TPSA) is 94.0 Å². The third-order valence-electron chi connectivity index (χ3n) is 2.75. The molecule has 1 heterocycles. The molecule has 2 rings (SSSR count). The Balaban J connectivity index is 2.13. The monoisotopic (exact) mass is 292 g/mol. The second kappa shape index (κ2) is 5.96. The van der Waals surface area contributed by atoms with Gasteiger partial charge in [0.15, 0.2) is 5.16 Å². The number of anilines is 1. The van der Waals surface area contributed by atoms with Crippen LogP contribution in [-0.4, -0.2) is 25.8 Å². The summed E-state index contributed by atoms with van der Waals surface area (Å²) in [4.78, 5) is 10.9. The fourth-order valence-corrected chi connectivity index (χ4v) is 2.83. The summed E-state index contributed by atoms with van der Waals surface area (Å²) in [6.45, 7) is 4.02. The van der Waals surface area contributed by atoms with Crippen LogP contribution in [-0.2, 0) is 5.75 Å². The molecule has 106 valence electrons. The zero-order valence-corrected chi connectivity index (χ0v) is 12.1. The minimum absolute atomic E-state index is 0.179. The summed E-state index contributed by atoms with van der Waals surface area (Å²) in [5.74, 6) is 0.0830. The number of aromatic carboxylic acids is 1. The molecule has 0 spiro atoms. The molecule has 6 nitrogen and oxygen atoms in total. The fourth-order valence-electron chi connectivity index (χ4n) is 1.81. The van der Waals surface area contributed by atoms with E-state index in [4.69, 9.17) is 10.8 Å². The number of rotatable bonds is 5. The maximum Gasteiger partial charge on any atom is 0.335 e. The molecule has 0 fully saturated rings. The van der Waals surface area contributed by atoms with E-state index >= 15 is 0 Å². The average molecular weight is 292 g/mol. The van der Waals surface area contributed by atoms with Gasteiger partial charge in [0.1, 0.15) is 0 Å². The molecule has 20 heavy (non-hydrogen) atoms. The van der Waals surface area contributed by atoms with Gasteiger partial charge in [-0.3, -0.25) is 4.57 Å². The maximum atomic E-state index is 10.9. The molecule has 0 atom stereocenters. The summed E-state index contributed by atoms with van der Waals surface area (Å²) in [6, 6.07) is 7.04. The quantitative estimate of drug-likeness (QED) is 0.822. The van der Waals surface area contributed by atoms with E-state index in [9.17, 15) is 4.79 Å². The van der Waals surface area contributed by atoms with Crippen molar-refractivity contribution < 1.29 is 9.90 Å². The molecule has 0 aliphatic rings. The lowest BCUT2D eigenvalue weighted by atomic mass is 10.1. The minimum atomic E-state index is -0.925. The van der Waals surface area contributed by atoms with Crippen molar-refractivity contribution in [3.63, 3.8) is 0 Å². The first kappa shape index (κ1) is 14.4. The van der Waals surface area contributed by atoms with E-state index in [1.165, 1.54) is 11.8 Å². The van der Waals surface area contributed by atoms with Crippen LogP contribution in [0.5, 0.6) is 0 Å². The summed E-state index contributed by atoms with van der Waals surface area (Å²) in [5, 5.41) is 17.6. The van der Waals surface area contributed by atoms with Crippen molar-refractivity contribution in [3.8, 4) is 0 Å². The van der Waals surface area contributed by atoms with Crippen LogP contribution >= 0.6 is 11.8 Å². The molecule has 0 bridgehead atoms. The van der Waals surface area contributed by atoms with Gasteiger partial charge < -0.3 is 10.8 Å². The van der Waals surface area contributed by atoms with Gasteiger partial charge in [-0.1, -0.05) is 23.9 Å². The van der Waals surface area contributed by atoms with Crippen molar-refractivity contribution in [2.75, 3.05) is 5.73 Å². The lowest BCUT2D eigenvalue weighted by molar-refractivity contribution is 0.0697. The Morgan fingerprint density at radius 3 is 2.85 bits per heavy atom. The predicted molar refractivity (Wildman–Crippen MR) is 77.8 cm³/mol. The number of aromatic nitrogens is 3. The number of nitrogens with two attached hydrogens (primary N) is 1. The molecule has 7 heteroatoms. The normalized spacial score (nSPS) is 10.9. The van der Waals surface area contributed by atoms with Gasteiger partial charge in [0.05, 0.1) is 5.56 Å². The van der Waals surface area contributed by atoms with Gasteiger partial charge in [-0.05, 0) is 31.5 Å². The molecule has 0 radical (unpaired) electrons. The van der Waals surface area contributed by atoms with Crippen molar-refractivity contribution in [2.24, 2.45) is 0 Å². The summed E-state index contributed by atoms with van der Waals surface area (Å²) < 4.78 is 1.85. The molecular formula is C13H16N4O2S. The van der Waals surface area contributed by atoms with Gasteiger partial charge in [0, 0.05) is 11.8 Å². The standard InChI is InChI=1S/C13H16N4O2S/c1-8(2)17-12(14)15-16-13(17)20-7-9-4-3-5-10(6-9)11(18)19/h3-6,8H,7H2,1-2H3,(H2,14,15)(H,18,19). The Hall–Kier alpha value is -2.02. The third kappa shape index (κ3) is 3.11. The van der Waals surface area contributed by atoms with Crippen molar-refractivity contribution in [1.82, 2.24) is 14.8 Å². The van der Waals surface area contributed by atoms with Crippen LogP contribution in [0, 0.1) is 0 Å². The highest BCUT2D eigenvalue weighted by Crippen LogP contribution is 2.25. The Morgan fingerprint density at radius 2 is 2.20 bits per heavy atom. The summed E-state index contributed by atoms with van der Waals surface area (Å²) in [6.07, 6.45) is 0. The molecule has 0 saturated heterocycles. The predicted octanol–water partition coefficient (Wildman–Crippen LogP) is 2.43. The number of nitrogens with zero attached hydrogens (tertiary/aromatic N) is 3. The Labute approximate surface area is 121 Å². The number of benzene rings is 1. The number of thioether (sulfide) groups is 1. The zero-order chi connectivity index (χ0) is 14.7. The van der Waals surface area contributed by atoms with Gasteiger partial charge in [-0.15, -0.1) is 10.2 Å². The van der Waals surface area contributed by atoms with Crippen LogP contribution in [0.25, 0.3) is 0 Å². The number of carboxylic acids is 1. The van der Waals surface area contributed by atoms with E-state index in [0.717, 1.165) is 10.7 Å². The number of carboxylic acid groups (broad SMARTS) is 1. The summed E-state index contributed by atoms with van der Waals surface area (Å²) >= 11 is 1.49. The first-order chi connectivity index (χ1) is 9.49. The van der Waals surface area contributed by atoms with E-state index in [-0.39, 0.29) is 11.6 Å². The minimum Gasteiger partial charge on any atom is -0.478 e. The second-order valence-corrected chi connectivity index (χ2v) is 5.54. The molecule has 1 aromatic heterocycles. The van der Waals surface area contributed by atoms with E-state index < -0.39 is 5.97 Å². The molecule has 2 aromatic rings. The smallest absolute Gasteiger partial charge is 0.335 e. The van der Waals surface area contributed by atoms with E-state index in [1.807, 2.05) is 24.5 Å². The molecule has 1 aromatic carbocycles. The largest absolute Gasteiger partial charge is 0.478 e. The number of hydrogen-bond donors (Lipinski definition) is 2. The van der Waals surface area contributed by atoms with Gasteiger partial charge in [-0.25, -0.2) is 4.79 Å². The molecular weight excluding hydrogens is 276 g/mol. The average Bonchev–Trinajstić information content (AvgIpc) is 2.78. The Bertz CT molecular complexity index is 625. The van der Waals surface area contributed by atoms with Crippen LogP contribution in [0.15, 0.2) is 29.4 Å². The Morgan fingerprint density at radius 1 is 1.45 bits per heavy atom. The fraction of sp³-hybridized carbons (Fsp3) is 0.308. The van der Waals surface area contributed by atoms with Crippen molar-refractivity contribution >= 4 is 23.7 Å². The van der Waals surface area contributed by atoms with Crippen LogP contribution in [0.1, 0.15) is 35.8 Å². The second-order valence-electron chi connectivity index (χ2n) is 4.60. The zero-order valence-electron chi connectivity index (χ0n) is 11.3. The lowest BCUT2D eigenvalue weighted by Crippen LogP contribution is -2.07. The van der Waals surface area contributed by atoms with Crippen molar-refractivity contribution in [1.29, 1.82) is 0 Å². The van der Waals surface area contributed by atoms with Gasteiger partial charge in [0.2, 0.25) is 5.95 Å². The lowest BCUT2D eigenvalue weighted by Gasteiger charge is -2.11. The molecule has 0 saturated carbocycles. The number of nitrogen functional groups attached to an aromatic ring is 1.